The minimum Gasteiger partial charge on any atom is -0.450 e. The van der Waals surface area contributed by atoms with Crippen molar-refractivity contribution in [1.29, 1.82) is 0 Å². The van der Waals surface area contributed by atoms with Crippen molar-refractivity contribution in [3.63, 3.8) is 0 Å². The Bertz CT molecular complexity index is 661. The van der Waals surface area contributed by atoms with Gasteiger partial charge in [-0.15, -0.1) is 11.6 Å². The van der Waals surface area contributed by atoms with Crippen molar-refractivity contribution in [3.05, 3.63) is 62.1 Å². The molecule has 0 radical (unpaired) electrons. The number of halogens is 2. The highest BCUT2D eigenvalue weighted by atomic mass is 79.9. The molecule has 2 rings (SSSR count). The third-order valence-corrected chi connectivity index (χ3v) is 3.49. The van der Waals surface area contributed by atoms with Crippen LogP contribution < -0.4 is 4.74 Å². The van der Waals surface area contributed by atoms with Gasteiger partial charge < -0.3 is 4.74 Å². The zero-order valence-electron chi connectivity index (χ0n) is 10.6. The number of ether oxygens (including phenoxy) is 1. The lowest BCUT2D eigenvalue weighted by Crippen LogP contribution is -1.96. The van der Waals surface area contributed by atoms with Crippen molar-refractivity contribution in [2.45, 2.75) is 12.8 Å². The molecule has 20 heavy (non-hydrogen) atoms. The number of hydrogen-bond donors (Lipinski definition) is 0. The number of benzene rings is 2. The molecule has 2 aromatic carbocycles. The molecule has 0 saturated heterocycles. The molecule has 0 saturated carbocycles. The summed E-state index contributed by atoms with van der Waals surface area (Å²) in [7, 11) is 0. The van der Waals surface area contributed by atoms with Crippen molar-refractivity contribution in [2.24, 2.45) is 0 Å². The van der Waals surface area contributed by atoms with E-state index in [4.69, 9.17) is 16.3 Å². The van der Waals surface area contributed by atoms with E-state index in [0.717, 1.165) is 15.6 Å². The predicted octanol–water partition coefficient (Wildman–Crippen LogP) is 5.20. The minimum atomic E-state index is -0.465. The Morgan fingerprint density at radius 1 is 1.25 bits per heavy atom. The second kappa shape index (κ2) is 6.24. The average Bonchev–Trinajstić information content (AvgIpc) is 2.38. The quantitative estimate of drug-likeness (QED) is 0.430. The van der Waals surface area contributed by atoms with Gasteiger partial charge in [0, 0.05) is 16.1 Å². The molecule has 0 fully saturated rings. The maximum absolute atomic E-state index is 11.0. The van der Waals surface area contributed by atoms with Crippen LogP contribution >= 0.6 is 27.5 Å². The Kier molecular flexibility index (Phi) is 4.62. The second-order valence-corrected chi connectivity index (χ2v) is 5.40. The molecule has 0 aliphatic rings. The number of nitrogens with zero attached hydrogens (tertiary/aromatic N) is 1. The largest absolute Gasteiger partial charge is 0.450 e. The maximum Gasteiger partial charge on any atom is 0.311 e. The SMILES string of the molecule is Cc1ccc([N+](=O)[O-])c(Oc2cc(Br)ccc2CCl)c1. The van der Waals surface area contributed by atoms with Crippen LogP contribution in [0.5, 0.6) is 11.5 Å². The van der Waals surface area contributed by atoms with E-state index in [1.54, 1.807) is 18.2 Å². The summed E-state index contributed by atoms with van der Waals surface area (Å²) in [4.78, 5) is 10.6. The highest BCUT2D eigenvalue weighted by Gasteiger charge is 2.17. The fraction of sp³-hybridized carbons (Fsp3) is 0.143. The van der Waals surface area contributed by atoms with Gasteiger partial charge in [-0.2, -0.15) is 0 Å². The standard InChI is InChI=1S/C14H11BrClNO3/c1-9-2-5-12(17(18)19)14(6-9)20-13-7-11(15)4-3-10(13)8-16/h2-7H,8H2,1H3. The van der Waals surface area contributed by atoms with Gasteiger partial charge in [0.1, 0.15) is 5.75 Å². The maximum atomic E-state index is 11.0. The normalized spacial score (nSPS) is 10.3. The van der Waals surface area contributed by atoms with E-state index in [1.165, 1.54) is 6.07 Å². The van der Waals surface area contributed by atoms with Crippen LogP contribution in [0.15, 0.2) is 40.9 Å². The van der Waals surface area contributed by atoms with Crippen molar-refractivity contribution in [1.82, 2.24) is 0 Å². The van der Waals surface area contributed by atoms with Crippen LogP contribution in [0.2, 0.25) is 0 Å². The molecule has 0 spiro atoms. The van der Waals surface area contributed by atoms with Gasteiger partial charge in [0.05, 0.1) is 10.8 Å². The molecule has 2 aromatic rings. The van der Waals surface area contributed by atoms with Gasteiger partial charge in [-0.3, -0.25) is 10.1 Å². The first-order valence-corrected chi connectivity index (χ1v) is 7.11. The zero-order valence-corrected chi connectivity index (χ0v) is 12.9. The zero-order chi connectivity index (χ0) is 14.7. The van der Waals surface area contributed by atoms with Gasteiger partial charge in [-0.05, 0) is 30.7 Å². The number of nitro groups is 1. The number of nitro benzene ring substituents is 1. The molecule has 6 heteroatoms. The number of alkyl halides is 1. The first-order chi connectivity index (χ1) is 9.51. The molecule has 104 valence electrons. The molecule has 0 atom stereocenters. The first kappa shape index (κ1) is 14.8. The lowest BCUT2D eigenvalue weighted by molar-refractivity contribution is -0.385. The summed E-state index contributed by atoms with van der Waals surface area (Å²) in [6, 6.07) is 10.1. The third-order valence-electron chi connectivity index (χ3n) is 2.71. The smallest absolute Gasteiger partial charge is 0.311 e. The van der Waals surface area contributed by atoms with E-state index in [0.29, 0.717) is 5.75 Å². The Morgan fingerprint density at radius 3 is 2.65 bits per heavy atom. The molecular formula is C14H11BrClNO3. The second-order valence-electron chi connectivity index (χ2n) is 4.22. The fourth-order valence-electron chi connectivity index (χ4n) is 1.71. The number of rotatable bonds is 4. The monoisotopic (exact) mass is 355 g/mol. The molecule has 0 aliphatic heterocycles. The molecule has 0 N–H and O–H groups in total. The van der Waals surface area contributed by atoms with E-state index in [9.17, 15) is 10.1 Å². The number of aryl methyl sites for hydroxylation is 1. The van der Waals surface area contributed by atoms with E-state index in [1.807, 2.05) is 19.1 Å². The van der Waals surface area contributed by atoms with Crippen molar-refractivity contribution >= 4 is 33.2 Å². The summed E-state index contributed by atoms with van der Waals surface area (Å²) < 4.78 is 6.51. The average molecular weight is 357 g/mol. The molecule has 0 heterocycles. The summed E-state index contributed by atoms with van der Waals surface area (Å²) >= 11 is 9.20. The molecule has 0 amide bonds. The highest BCUT2D eigenvalue weighted by Crippen LogP contribution is 2.35. The Balaban J connectivity index is 2.46. The van der Waals surface area contributed by atoms with Crippen LogP contribution in [0.4, 0.5) is 5.69 Å². The van der Waals surface area contributed by atoms with Crippen LogP contribution in [-0.2, 0) is 5.88 Å². The Labute approximate surface area is 129 Å². The van der Waals surface area contributed by atoms with Crippen LogP contribution in [0.1, 0.15) is 11.1 Å². The van der Waals surface area contributed by atoms with Crippen molar-refractivity contribution in [2.75, 3.05) is 0 Å². The van der Waals surface area contributed by atoms with Gasteiger partial charge in [0.2, 0.25) is 5.75 Å². The molecule has 0 unspecified atom stereocenters. The van der Waals surface area contributed by atoms with Gasteiger partial charge in [-0.25, -0.2) is 0 Å². The van der Waals surface area contributed by atoms with E-state index < -0.39 is 4.92 Å². The van der Waals surface area contributed by atoms with Crippen LogP contribution in [-0.4, -0.2) is 4.92 Å². The van der Waals surface area contributed by atoms with Crippen LogP contribution in [0.3, 0.4) is 0 Å². The lowest BCUT2D eigenvalue weighted by Gasteiger charge is -2.11. The summed E-state index contributed by atoms with van der Waals surface area (Å²) in [5.41, 5.74) is 1.58. The molecule has 0 bridgehead atoms. The fourth-order valence-corrected chi connectivity index (χ4v) is 2.27. The minimum absolute atomic E-state index is 0.0731. The summed E-state index contributed by atoms with van der Waals surface area (Å²) in [5.74, 6) is 0.977. The molecule has 4 nitrogen and oxygen atoms in total. The predicted molar refractivity (Wildman–Crippen MR) is 81.6 cm³/mol. The molecule has 0 aliphatic carbocycles. The van der Waals surface area contributed by atoms with Crippen molar-refractivity contribution < 1.29 is 9.66 Å². The van der Waals surface area contributed by atoms with Crippen LogP contribution in [0, 0.1) is 17.0 Å². The van der Waals surface area contributed by atoms with E-state index >= 15 is 0 Å². The summed E-state index contributed by atoms with van der Waals surface area (Å²) in [6.07, 6.45) is 0. The Hall–Kier alpha value is -1.59. The molecular weight excluding hydrogens is 346 g/mol. The topological polar surface area (TPSA) is 52.4 Å². The summed E-state index contributed by atoms with van der Waals surface area (Å²) in [5, 5.41) is 11.0. The summed E-state index contributed by atoms with van der Waals surface area (Å²) in [6.45, 7) is 1.85. The molecule has 0 aromatic heterocycles. The Morgan fingerprint density at radius 2 is 2.00 bits per heavy atom. The lowest BCUT2D eigenvalue weighted by atomic mass is 10.2. The highest BCUT2D eigenvalue weighted by molar-refractivity contribution is 9.10. The van der Waals surface area contributed by atoms with Crippen molar-refractivity contribution in [3.8, 4) is 11.5 Å². The third kappa shape index (κ3) is 3.29. The number of hydrogen-bond acceptors (Lipinski definition) is 3. The van der Waals surface area contributed by atoms with Gasteiger partial charge in [-0.1, -0.05) is 28.1 Å². The van der Waals surface area contributed by atoms with Gasteiger partial charge >= 0.3 is 5.69 Å². The van der Waals surface area contributed by atoms with E-state index in [-0.39, 0.29) is 17.3 Å². The first-order valence-electron chi connectivity index (χ1n) is 5.78. The van der Waals surface area contributed by atoms with Gasteiger partial charge in [0.25, 0.3) is 0 Å². The van der Waals surface area contributed by atoms with E-state index in [2.05, 4.69) is 15.9 Å². The van der Waals surface area contributed by atoms with Crippen LogP contribution in [0.25, 0.3) is 0 Å². The van der Waals surface area contributed by atoms with Gasteiger partial charge in [0.15, 0.2) is 0 Å².